The molecule has 0 bridgehead atoms. The molecule has 1 saturated heterocycles. The monoisotopic (exact) mass is 339 g/mol. The van der Waals surface area contributed by atoms with E-state index in [1.165, 1.54) is 11.6 Å². The van der Waals surface area contributed by atoms with E-state index >= 15 is 0 Å². The Morgan fingerprint density at radius 1 is 1.29 bits per heavy atom. The van der Waals surface area contributed by atoms with Gasteiger partial charge in [0.2, 0.25) is 5.78 Å². The minimum atomic E-state index is -0.622. The number of quaternary nitrogens is 1. The molecule has 1 aromatic rings. The molecular weight excluding hydrogens is 312 g/mol. The molecule has 8 nitrogen and oxygen atoms in total. The summed E-state index contributed by atoms with van der Waals surface area (Å²) in [7, 11) is 1.37. The molecule has 2 atom stereocenters. The molecule has 0 unspecified atom stereocenters. The molecule has 1 aliphatic rings. The first kappa shape index (κ1) is 18.4. The Bertz CT molecular complexity index is 727. The smallest absolute Gasteiger partial charge is 0.332 e. The maximum atomic E-state index is 12.7. The average Bonchev–Trinajstić information content (AvgIpc) is 2.48. The zero-order chi connectivity index (χ0) is 18.0. The number of carbonyl (C=O) groups is 1. The Balaban J connectivity index is 2.35. The lowest BCUT2D eigenvalue weighted by molar-refractivity contribution is -0.906. The standard InChI is InChI=1S/C16H26N4O4/c1-5-6-20-14(17)13(15(22)18(4)16(20)23)12(21)9-19-7-10(2)24-11(3)8-19/h10-11H,5-9,17H2,1-4H3/p+1/t10-,11-/m1/s1. The number of aromatic nitrogens is 2. The van der Waals surface area contributed by atoms with Gasteiger partial charge in [-0.15, -0.1) is 0 Å². The fraction of sp³-hybridized carbons (Fsp3) is 0.688. The normalized spacial score (nSPS) is 24.1. The summed E-state index contributed by atoms with van der Waals surface area (Å²) in [6.07, 6.45) is 0.802. The van der Waals surface area contributed by atoms with E-state index in [9.17, 15) is 14.4 Å². The summed E-state index contributed by atoms with van der Waals surface area (Å²) in [6, 6.07) is 0. The second-order valence-corrected chi connectivity index (χ2v) is 6.57. The highest BCUT2D eigenvalue weighted by Crippen LogP contribution is 2.06. The Kier molecular flexibility index (Phi) is 5.61. The highest BCUT2D eigenvalue weighted by Gasteiger charge is 2.30. The van der Waals surface area contributed by atoms with Gasteiger partial charge in [0.05, 0.1) is 0 Å². The molecule has 8 heteroatoms. The van der Waals surface area contributed by atoms with Crippen molar-refractivity contribution in [3.63, 3.8) is 0 Å². The van der Waals surface area contributed by atoms with Crippen LogP contribution in [0.4, 0.5) is 5.82 Å². The van der Waals surface area contributed by atoms with Gasteiger partial charge in [-0.2, -0.15) is 0 Å². The van der Waals surface area contributed by atoms with Crippen LogP contribution in [0.2, 0.25) is 0 Å². The number of hydrogen-bond acceptors (Lipinski definition) is 5. The van der Waals surface area contributed by atoms with E-state index in [2.05, 4.69) is 0 Å². The summed E-state index contributed by atoms with van der Waals surface area (Å²) in [5.74, 6) is -0.349. The van der Waals surface area contributed by atoms with Crippen molar-refractivity contribution in [2.75, 3.05) is 25.4 Å². The Morgan fingerprint density at radius 3 is 2.42 bits per heavy atom. The molecule has 0 spiro atoms. The third kappa shape index (κ3) is 3.59. The van der Waals surface area contributed by atoms with Crippen LogP contribution < -0.4 is 21.9 Å². The topological polar surface area (TPSA) is 101 Å². The van der Waals surface area contributed by atoms with Gasteiger partial charge in [0, 0.05) is 13.6 Å². The molecule has 1 aliphatic heterocycles. The second-order valence-electron chi connectivity index (χ2n) is 6.57. The second kappa shape index (κ2) is 7.31. The highest BCUT2D eigenvalue weighted by molar-refractivity contribution is 6.00. The number of Topliss-reactive ketones (excluding diaryl/α,β-unsaturated/α-hetero) is 1. The van der Waals surface area contributed by atoms with Crippen LogP contribution in [0.25, 0.3) is 0 Å². The largest absolute Gasteiger partial charge is 0.384 e. The molecule has 2 rings (SSSR count). The maximum absolute atomic E-state index is 12.7. The Labute approximate surface area is 140 Å². The van der Waals surface area contributed by atoms with Gasteiger partial charge in [-0.25, -0.2) is 4.79 Å². The number of carbonyl (C=O) groups excluding carboxylic acids is 1. The van der Waals surface area contributed by atoms with E-state index < -0.39 is 11.2 Å². The molecule has 1 aromatic heterocycles. The minimum absolute atomic E-state index is 0.0243. The number of hydrogen-bond donors (Lipinski definition) is 2. The van der Waals surface area contributed by atoms with Gasteiger partial charge >= 0.3 is 5.69 Å². The van der Waals surface area contributed by atoms with Crippen LogP contribution >= 0.6 is 0 Å². The summed E-state index contributed by atoms with van der Waals surface area (Å²) < 4.78 is 7.93. The van der Waals surface area contributed by atoms with Crippen molar-refractivity contribution in [2.45, 2.75) is 45.9 Å². The van der Waals surface area contributed by atoms with Crippen molar-refractivity contribution >= 4 is 11.6 Å². The Hall–Kier alpha value is -1.93. The van der Waals surface area contributed by atoms with Gasteiger partial charge in [0.25, 0.3) is 5.56 Å². The summed E-state index contributed by atoms with van der Waals surface area (Å²) in [5, 5.41) is 0. The van der Waals surface area contributed by atoms with Crippen LogP contribution in [0.15, 0.2) is 9.59 Å². The highest BCUT2D eigenvalue weighted by atomic mass is 16.5. The third-order valence-electron chi connectivity index (χ3n) is 4.34. The molecule has 24 heavy (non-hydrogen) atoms. The molecule has 0 saturated carbocycles. The van der Waals surface area contributed by atoms with Gasteiger partial charge in [-0.05, 0) is 20.3 Å². The van der Waals surface area contributed by atoms with Gasteiger partial charge in [-0.1, -0.05) is 6.92 Å². The number of nitrogens with zero attached hydrogens (tertiary/aromatic N) is 2. The van der Waals surface area contributed by atoms with Crippen LogP contribution in [0.1, 0.15) is 37.6 Å². The van der Waals surface area contributed by atoms with Crippen molar-refractivity contribution in [3.8, 4) is 0 Å². The lowest BCUT2D eigenvalue weighted by Gasteiger charge is -2.32. The number of morpholine rings is 1. The van der Waals surface area contributed by atoms with E-state index in [0.717, 1.165) is 9.47 Å². The SMILES string of the molecule is CCCn1c(N)c(C(=O)C[NH+]2C[C@@H](C)O[C@H](C)C2)c(=O)n(C)c1=O. The average molecular weight is 339 g/mol. The van der Waals surface area contributed by atoms with E-state index in [0.29, 0.717) is 26.1 Å². The number of rotatable bonds is 5. The number of ether oxygens (including phenoxy) is 1. The van der Waals surface area contributed by atoms with E-state index in [1.807, 2.05) is 20.8 Å². The quantitative estimate of drug-likeness (QED) is 0.630. The van der Waals surface area contributed by atoms with Crippen LogP contribution in [-0.2, 0) is 18.3 Å². The summed E-state index contributed by atoms with van der Waals surface area (Å²) >= 11 is 0. The third-order valence-corrected chi connectivity index (χ3v) is 4.34. The maximum Gasteiger partial charge on any atom is 0.332 e. The van der Waals surface area contributed by atoms with E-state index in [4.69, 9.17) is 10.5 Å². The molecule has 3 N–H and O–H groups in total. The van der Waals surface area contributed by atoms with Crippen LogP contribution in [-0.4, -0.2) is 46.8 Å². The van der Waals surface area contributed by atoms with Crippen LogP contribution in [0.5, 0.6) is 0 Å². The molecule has 134 valence electrons. The fourth-order valence-corrected chi connectivity index (χ4v) is 3.33. The molecular formula is C16H27N4O4+. The van der Waals surface area contributed by atoms with Crippen LogP contribution in [0, 0.1) is 0 Å². The van der Waals surface area contributed by atoms with Crippen molar-refractivity contribution in [2.24, 2.45) is 7.05 Å². The molecule has 0 aromatic carbocycles. The van der Waals surface area contributed by atoms with Gasteiger partial charge in [0.15, 0.2) is 0 Å². The number of anilines is 1. The predicted molar refractivity (Wildman–Crippen MR) is 90.5 cm³/mol. The number of ketones is 1. The van der Waals surface area contributed by atoms with Crippen molar-refractivity contribution in [1.82, 2.24) is 9.13 Å². The molecule has 0 radical (unpaired) electrons. The lowest BCUT2D eigenvalue weighted by Crippen LogP contribution is -3.16. The first-order valence-corrected chi connectivity index (χ1v) is 8.37. The van der Waals surface area contributed by atoms with Gasteiger partial charge in [-0.3, -0.25) is 18.7 Å². The zero-order valence-corrected chi connectivity index (χ0v) is 14.8. The Morgan fingerprint density at radius 2 is 1.88 bits per heavy atom. The van der Waals surface area contributed by atoms with Crippen molar-refractivity contribution < 1.29 is 14.4 Å². The molecule has 1 fully saturated rings. The lowest BCUT2D eigenvalue weighted by atomic mass is 10.1. The zero-order valence-electron chi connectivity index (χ0n) is 14.8. The number of nitrogens with two attached hydrogens (primary N) is 1. The van der Waals surface area contributed by atoms with Crippen LogP contribution in [0.3, 0.4) is 0 Å². The molecule has 2 heterocycles. The van der Waals surface area contributed by atoms with Gasteiger partial charge in [0.1, 0.15) is 43.2 Å². The van der Waals surface area contributed by atoms with E-state index in [1.54, 1.807) is 0 Å². The van der Waals surface area contributed by atoms with Crippen molar-refractivity contribution in [1.29, 1.82) is 0 Å². The fourth-order valence-electron chi connectivity index (χ4n) is 3.33. The number of nitrogen functional groups attached to an aromatic ring is 1. The van der Waals surface area contributed by atoms with Gasteiger partial charge < -0.3 is 15.4 Å². The summed E-state index contributed by atoms with van der Waals surface area (Å²) in [5.41, 5.74) is 4.81. The molecule has 0 amide bonds. The first-order chi connectivity index (χ1) is 11.3. The van der Waals surface area contributed by atoms with E-state index in [-0.39, 0.29) is 35.9 Å². The predicted octanol–water partition coefficient (Wildman–Crippen LogP) is -1.59. The first-order valence-electron chi connectivity index (χ1n) is 8.37. The summed E-state index contributed by atoms with van der Waals surface area (Å²) in [6.45, 7) is 7.78. The molecule has 0 aliphatic carbocycles. The summed E-state index contributed by atoms with van der Waals surface area (Å²) in [4.78, 5) is 38.3. The number of nitrogens with one attached hydrogen (secondary N) is 1. The minimum Gasteiger partial charge on any atom is -0.384 e. The van der Waals surface area contributed by atoms with Crippen molar-refractivity contribution in [3.05, 3.63) is 26.4 Å².